The average Bonchev–Trinajstić information content (AvgIpc) is 3.28. The molecule has 0 unspecified atom stereocenters. The Bertz CT molecular complexity index is 1120. The summed E-state index contributed by atoms with van der Waals surface area (Å²) in [5, 5.41) is 4.04. The van der Waals surface area contributed by atoms with Gasteiger partial charge in [-0.2, -0.15) is 11.3 Å². The number of benzene rings is 2. The van der Waals surface area contributed by atoms with Gasteiger partial charge in [-0.05, 0) is 58.1 Å². The molecule has 4 rings (SSSR count). The number of rotatable bonds is 7. The van der Waals surface area contributed by atoms with Gasteiger partial charge in [0.1, 0.15) is 0 Å². The van der Waals surface area contributed by atoms with Crippen molar-refractivity contribution in [1.29, 1.82) is 0 Å². The number of methoxy groups -OCH3 is 1. The van der Waals surface area contributed by atoms with E-state index in [0.29, 0.717) is 0 Å². The summed E-state index contributed by atoms with van der Waals surface area (Å²) >= 11 is 1.59. The second kappa shape index (κ2) is 8.85. The minimum Gasteiger partial charge on any atom is -0.494 e. The maximum absolute atomic E-state index is 14.0. The Hall–Kier alpha value is -2.26. The fraction of sp³-hybridized carbons (Fsp3) is 0.273. The third-order valence-electron chi connectivity index (χ3n) is 5.43. The molecule has 2 aromatic carbocycles. The van der Waals surface area contributed by atoms with Crippen molar-refractivity contribution in [3.63, 3.8) is 0 Å². The summed E-state index contributed by atoms with van der Waals surface area (Å²) in [5.41, 5.74) is 3.68. The van der Waals surface area contributed by atoms with Gasteiger partial charge in [0.25, 0.3) is 0 Å². The van der Waals surface area contributed by atoms with Crippen LogP contribution in [0.5, 0.6) is 5.75 Å². The van der Waals surface area contributed by atoms with Crippen LogP contribution >= 0.6 is 11.3 Å². The Kier molecular flexibility index (Phi) is 6.19. The van der Waals surface area contributed by atoms with E-state index in [4.69, 9.17) is 4.74 Å². The van der Waals surface area contributed by atoms with E-state index in [0.717, 1.165) is 31.1 Å². The first-order valence-electron chi connectivity index (χ1n) is 9.64. The van der Waals surface area contributed by atoms with Crippen molar-refractivity contribution in [3.05, 3.63) is 81.8 Å². The highest BCUT2D eigenvalue weighted by molar-refractivity contribution is 7.89. The minimum absolute atomic E-state index is 0.0112. The molecule has 1 aliphatic rings. The quantitative estimate of drug-likeness (QED) is 0.597. The molecule has 0 aliphatic carbocycles. The molecular weight excluding hydrogens is 423 g/mol. The molecule has 30 heavy (non-hydrogen) atoms. The van der Waals surface area contributed by atoms with Crippen molar-refractivity contribution in [2.45, 2.75) is 23.9 Å². The van der Waals surface area contributed by atoms with Crippen molar-refractivity contribution >= 4 is 21.4 Å². The average molecular weight is 447 g/mol. The Morgan fingerprint density at radius 3 is 2.70 bits per heavy atom. The zero-order valence-corrected chi connectivity index (χ0v) is 18.2. The van der Waals surface area contributed by atoms with Crippen LogP contribution in [0.4, 0.5) is 4.39 Å². The largest absolute Gasteiger partial charge is 0.494 e. The molecule has 1 aromatic heterocycles. The number of sulfonamides is 1. The van der Waals surface area contributed by atoms with Crippen molar-refractivity contribution in [3.8, 4) is 5.75 Å². The van der Waals surface area contributed by atoms with E-state index in [1.807, 2.05) is 29.0 Å². The molecule has 0 radical (unpaired) electrons. The van der Waals surface area contributed by atoms with Crippen LogP contribution in [0.15, 0.2) is 64.2 Å². The fourth-order valence-electron chi connectivity index (χ4n) is 3.79. The number of hydrogen-bond donors (Lipinski definition) is 1. The minimum atomic E-state index is -3.86. The zero-order chi connectivity index (χ0) is 21.1. The van der Waals surface area contributed by atoms with E-state index in [2.05, 4.69) is 21.8 Å². The highest BCUT2D eigenvalue weighted by Gasteiger charge is 2.27. The first kappa shape index (κ1) is 21.0. The Morgan fingerprint density at radius 2 is 2.00 bits per heavy atom. The molecule has 0 saturated carbocycles. The van der Waals surface area contributed by atoms with E-state index in [9.17, 15) is 12.8 Å². The second-order valence-electron chi connectivity index (χ2n) is 7.21. The summed E-state index contributed by atoms with van der Waals surface area (Å²) < 4.78 is 47.2. The van der Waals surface area contributed by atoms with Crippen molar-refractivity contribution in [2.24, 2.45) is 0 Å². The van der Waals surface area contributed by atoms with Crippen LogP contribution in [-0.4, -0.2) is 33.5 Å². The lowest BCUT2D eigenvalue weighted by Crippen LogP contribution is -2.40. The van der Waals surface area contributed by atoms with Crippen LogP contribution in [0.3, 0.4) is 0 Å². The van der Waals surface area contributed by atoms with Gasteiger partial charge >= 0.3 is 0 Å². The van der Waals surface area contributed by atoms with Crippen LogP contribution in [0.25, 0.3) is 0 Å². The third kappa shape index (κ3) is 4.41. The Morgan fingerprint density at radius 1 is 1.20 bits per heavy atom. The molecule has 2 heterocycles. The van der Waals surface area contributed by atoms with Gasteiger partial charge in [-0.25, -0.2) is 17.5 Å². The molecule has 5 nitrogen and oxygen atoms in total. The smallest absolute Gasteiger partial charge is 0.240 e. The van der Waals surface area contributed by atoms with Crippen molar-refractivity contribution in [2.75, 3.05) is 20.2 Å². The number of ether oxygens (including phenoxy) is 1. The van der Waals surface area contributed by atoms with Gasteiger partial charge in [0.05, 0.1) is 12.0 Å². The summed E-state index contributed by atoms with van der Waals surface area (Å²) in [4.78, 5) is 2.18. The number of halogens is 1. The van der Waals surface area contributed by atoms with Crippen LogP contribution in [0.2, 0.25) is 0 Å². The first-order chi connectivity index (χ1) is 14.5. The molecule has 1 atom stereocenters. The highest BCUT2D eigenvalue weighted by Crippen LogP contribution is 2.29. The van der Waals surface area contributed by atoms with Crippen LogP contribution in [0.1, 0.15) is 22.7 Å². The van der Waals surface area contributed by atoms with Gasteiger partial charge in [0.15, 0.2) is 11.6 Å². The normalized spacial score (nSPS) is 15.5. The molecule has 0 spiro atoms. The van der Waals surface area contributed by atoms with Crippen LogP contribution in [-0.2, 0) is 23.0 Å². The molecule has 3 aromatic rings. The summed E-state index contributed by atoms with van der Waals surface area (Å²) in [6, 6.07) is 13.9. The van der Waals surface area contributed by atoms with Gasteiger partial charge in [-0.15, -0.1) is 0 Å². The lowest BCUT2D eigenvalue weighted by atomic mass is 9.97. The Balaban J connectivity index is 1.54. The Labute approximate surface area is 180 Å². The second-order valence-corrected chi connectivity index (χ2v) is 9.76. The molecule has 8 heteroatoms. The van der Waals surface area contributed by atoms with Gasteiger partial charge in [-0.1, -0.05) is 24.3 Å². The number of nitrogens with one attached hydrogen (secondary N) is 1. The molecule has 0 bridgehead atoms. The summed E-state index contributed by atoms with van der Waals surface area (Å²) in [6.07, 6.45) is 0.924. The maximum Gasteiger partial charge on any atom is 0.240 e. The SMILES string of the molecule is COc1ccc(S(=O)(=O)NC[C@H](c2ccsc2)N2CCc3ccccc3C2)cc1F. The fourth-order valence-corrected chi connectivity index (χ4v) is 5.55. The standard InChI is InChI=1S/C22H23FN2O3S2/c1-28-22-7-6-19(12-20(22)23)30(26,27)24-13-21(18-9-11-29-15-18)25-10-8-16-4-2-3-5-17(16)14-25/h2-7,9,11-12,15,21,24H,8,10,13-14H2,1H3/t21-/m1/s1. The van der Waals surface area contributed by atoms with E-state index in [1.54, 1.807) is 11.3 Å². The number of thiophene rings is 1. The van der Waals surface area contributed by atoms with Gasteiger partial charge in [0.2, 0.25) is 10.0 Å². The molecule has 0 amide bonds. The number of nitrogens with zero attached hydrogens (tertiary/aromatic N) is 1. The topological polar surface area (TPSA) is 58.6 Å². The molecule has 0 saturated heterocycles. The number of hydrogen-bond acceptors (Lipinski definition) is 5. The molecule has 1 N–H and O–H groups in total. The van der Waals surface area contributed by atoms with Crippen molar-refractivity contribution in [1.82, 2.24) is 9.62 Å². The van der Waals surface area contributed by atoms with Gasteiger partial charge in [-0.3, -0.25) is 4.90 Å². The van der Waals surface area contributed by atoms with E-state index in [-0.39, 0.29) is 23.2 Å². The van der Waals surface area contributed by atoms with Gasteiger partial charge < -0.3 is 4.74 Å². The third-order valence-corrected chi connectivity index (χ3v) is 7.55. The molecular formula is C22H23FN2O3S2. The van der Waals surface area contributed by atoms with E-state index in [1.165, 1.54) is 30.4 Å². The highest BCUT2D eigenvalue weighted by atomic mass is 32.2. The summed E-state index contributed by atoms with van der Waals surface area (Å²) in [6.45, 7) is 1.81. The monoisotopic (exact) mass is 446 g/mol. The van der Waals surface area contributed by atoms with E-state index >= 15 is 0 Å². The van der Waals surface area contributed by atoms with Crippen molar-refractivity contribution < 1.29 is 17.5 Å². The zero-order valence-electron chi connectivity index (χ0n) is 16.5. The first-order valence-corrected chi connectivity index (χ1v) is 12.1. The lowest BCUT2D eigenvalue weighted by molar-refractivity contribution is 0.181. The predicted octanol–water partition coefficient (Wildman–Crippen LogP) is 3.97. The van der Waals surface area contributed by atoms with Crippen LogP contribution < -0.4 is 9.46 Å². The molecule has 0 fully saturated rings. The predicted molar refractivity (Wildman–Crippen MR) is 116 cm³/mol. The van der Waals surface area contributed by atoms with E-state index < -0.39 is 15.8 Å². The lowest BCUT2D eigenvalue weighted by Gasteiger charge is -2.35. The number of fused-ring (bicyclic) bond motifs is 1. The molecule has 1 aliphatic heterocycles. The maximum atomic E-state index is 14.0. The summed E-state index contributed by atoms with van der Waals surface area (Å²) in [5.74, 6) is -0.695. The summed E-state index contributed by atoms with van der Waals surface area (Å²) in [7, 11) is -2.52. The van der Waals surface area contributed by atoms with Crippen LogP contribution in [0, 0.1) is 5.82 Å². The van der Waals surface area contributed by atoms with Gasteiger partial charge in [0, 0.05) is 25.7 Å². The molecule has 158 valence electrons.